The standard InChI is InChI=1S/C16H20FNOS/c1-3-13-5-6-14(20-13)10-19-16-7-4-12(8-11(2)18)9-15(16)17/h4-7,9,11H,3,8,10,18H2,1-2H3. The minimum absolute atomic E-state index is 0.0275. The molecule has 1 heterocycles. The van der Waals surface area contributed by atoms with Crippen molar-refractivity contribution in [3.63, 3.8) is 0 Å². The summed E-state index contributed by atoms with van der Waals surface area (Å²) < 4.78 is 19.5. The molecule has 2 aromatic rings. The third kappa shape index (κ3) is 4.05. The zero-order valence-corrected chi connectivity index (χ0v) is 12.7. The Morgan fingerprint density at radius 2 is 2.00 bits per heavy atom. The number of hydrogen-bond acceptors (Lipinski definition) is 3. The second kappa shape index (κ2) is 6.86. The number of thiophene rings is 1. The van der Waals surface area contributed by atoms with Crippen molar-refractivity contribution in [1.29, 1.82) is 0 Å². The number of aryl methyl sites for hydroxylation is 1. The van der Waals surface area contributed by atoms with Gasteiger partial charge < -0.3 is 10.5 Å². The first-order valence-corrected chi connectivity index (χ1v) is 7.64. The van der Waals surface area contributed by atoms with Gasteiger partial charge >= 0.3 is 0 Å². The van der Waals surface area contributed by atoms with Crippen LogP contribution in [0.3, 0.4) is 0 Å². The molecule has 0 radical (unpaired) electrons. The molecule has 0 saturated heterocycles. The number of ether oxygens (including phenoxy) is 1. The van der Waals surface area contributed by atoms with Gasteiger partial charge in [-0.2, -0.15) is 0 Å². The molecular formula is C16H20FNOS. The Hall–Kier alpha value is -1.39. The molecule has 2 nitrogen and oxygen atoms in total. The highest BCUT2D eigenvalue weighted by Gasteiger charge is 2.07. The number of benzene rings is 1. The van der Waals surface area contributed by atoms with Gasteiger partial charge in [-0.05, 0) is 49.6 Å². The zero-order valence-electron chi connectivity index (χ0n) is 11.9. The van der Waals surface area contributed by atoms with Crippen LogP contribution in [0.1, 0.15) is 29.2 Å². The van der Waals surface area contributed by atoms with E-state index in [1.807, 2.05) is 19.1 Å². The van der Waals surface area contributed by atoms with E-state index in [-0.39, 0.29) is 11.9 Å². The molecular weight excluding hydrogens is 273 g/mol. The molecule has 2 N–H and O–H groups in total. The molecule has 1 atom stereocenters. The smallest absolute Gasteiger partial charge is 0.165 e. The Balaban J connectivity index is 1.99. The molecule has 1 aromatic heterocycles. The normalized spacial score (nSPS) is 12.4. The van der Waals surface area contributed by atoms with Crippen molar-refractivity contribution in [2.75, 3.05) is 0 Å². The van der Waals surface area contributed by atoms with Crippen molar-refractivity contribution >= 4 is 11.3 Å². The topological polar surface area (TPSA) is 35.2 Å². The summed E-state index contributed by atoms with van der Waals surface area (Å²) in [7, 11) is 0. The minimum Gasteiger partial charge on any atom is -0.485 e. The molecule has 0 fully saturated rings. The molecule has 0 spiro atoms. The summed E-state index contributed by atoms with van der Waals surface area (Å²) in [5.41, 5.74) is 6.61. The van der Waals surface area contributed by atoms with Gasteiger partial charge in [-0.1, -0.05) is 13.0 Å². The van der Waals surface area contributed by atoms with Gasteiger partial charge in [-0.25, -0.2) is 4.39 Å². The molecule has 0 aliphatic carbocycles. The Bertz CT molecular complexity index is 565. The number of halogens is 1. The lowest BCUT2D eigenvalue weighted by atomic mass is 10.1. The summed E-state index contributed by atoms with van der Waals surface area (Å²) in [5.74, 6) is -0.0275. The van der Waals surface area contributed by atoms with Crippen molar-refractivity contribution in [2.24, 2.45) is 5.73 Å². The van der Waals surface area contributed by atoms with Gasteiger partial charge in [0.2, 0.25) is 0 Å². The van der Waals surface area contributed by atoms with Gasteiger partial charge in [0, 0.05) is 15.8 Å². The Morgan fingerprint density at radius 1 is 1.25 bits per heavy atom. The van der Waals surface area contributed by atoms with Gasteiger partial charge in [-0.3, -0.25) is 0 Å². The van der Waals surface area contributed by atoms with Crippen molar-refractivity contribution in [3.05, 3.63) is 51.5 Å². The maximum absolute atomic E-state index is 13.9. The summed E-state index contributed by atoms with van der Waals surface area (Å²) in [5, 5.41) is 0. The SMILES string of the molecule is CCc1ccc(COc2ccc(CC(C)N)cc2F)s1. The Morgan fingerprint density at radius 3 is 2.60 bits per heavy atom. The highest BCUT2D eigenvalue weighted by molar-refractivity contribution is 7.11. The summed E-state index contributed by atoms with van der Waals surface area (Å²) in [6.45, 7) is 4.44. The van der Waals surface area contributed by atoms with Gasteiger partial charge in [0.25, 0.3) is 0 Å². The Labute approximate surface area is 123 Å². The van der Waals surface area contributed by atoms with Crippen molar-refractivity contribution < 1.29 is 9.13 Å². The molecule has 0 amide bonds. The van der Waals surface area contributed by atoms with E-state index in [2.05, 4.69) is 13.0 Å². The van der Waals surface area contributed by atoms with Crippen molar-refractivity contribution in [3.8, 4) is 5.75 Å². The zero-order chi connectivity index (χ0) is 14.5. The average molecular weight is 293 g/mol. The van der Waals surface area contributed by atoms with Crippen LogP contribution in [0.2, 0.25) is 0 Å². The molecule has 108 valence electrons. The van der Waals surface area contributed by atoms with Crippen LogP contribution in [-0.4, -0.2) is 6.04 Å². The summed E-state index contributed by atoms with van der Waals surface area (Å²) in [6, 6.07) is 9.21. The van der Waals surface area contributed by atoms with E-state index in [0.29, 0.717) is 18.8 Å². The molecule has 0 aliphatic rings. The van der Waals surface area contributed by atoms with E-state index in [4.69, 9.17) is 10.5 Å². The summed E-state index contributed by atoms with van der Waals surface area (Å²) in [4.78, 5) is 2.43. The fraction of sp³-hybridized carbons (Fsp3) is 0.375. The minimum atomic E-state index is -0.324. The lowest BCUT2D eigenvalue weighted by Gasteiger charge is -2.09. The second-order valence-corrected chi connectivity index (χ2v) is 6.21. The maximum Gasteiger partial charge on any atom is 0.165 e. The van der Waals surface area contributed by atoms with Gasteiger partial charge in [0.15, 0.2) is 11.6 Å². The molecule has 0 saturated carbocycles. The fourth-order valence-corrected chi connectivity index (χ4v) is 2.87. The molecule has 1 aromatic carbocycles. The molecule has 2 rings (SSSR count). The average Bonchev–Trinajstić information content (AvgIpc) is 2.85. The molecule has 4 heteroatoms. The highest BCUT2D eigenvalue weighted by Crippen LogP contribution is 2.23. The Kier molecular flexibility index (Phi) is 5.15. The summed E-state index contributed by atoms with van der Waals surface area (Å²) >= 11 is 1.71. The van der Waals surface area contributed by atoms with Crippen LogP contribution in [0.15, 0.2) is 30.3 Å². The van der Waals surface area contributed by atoms with Crippen LogP contribution in [0.5, 0.6) is 5.75 Å². The fourth-order valence-electron chi connectivity index (χ4n) is 2.00. The first kappa shape index (κ1) is 15.0. The predicted octanol–water partition coefficient (Wildman–Crippen LogP) is 3.92. The number of hydrogen-bond donors (Lipinski definition) is 1. The van der Waals surface area contributed by atoms with Crippen LogP contribution < -0.4 is 10.5 Å². The van der Waals surface area contributed by atoms with Crippen molar-refractivity contribution in [1.82, 2.24) is 0 Å². The van der Waals surface area contributed by atoms with Gasteiger partial charge in [-0.15, -0.1) is 11.3 Å². The quantitative estimate of drug-likeness (QED) is 0.876. The van der Waals surface area contributed by atoms with E-state index in [9.17, 15) is 4.39 Å². The second-order valence-electron chi connectivity index (χ2n) is 4.96. The maximum atomic E-state index is 13.9. The van der Waals surface area contributed by atoms with Gasteiger partial charge in [0.1, 0.15) is 6.61 Å². The predicted molar refractivity (Wildman–Crippen MR) is 81.8 cm³/mol. The third-order valence-corrected chi connectivity index (χ3v) is 4.19. The van der Waals surface area contributed by atoms with E-state index >= 15 is 0 Å². The van der Waals surface area contributed by atoms with E-state index < -0.39 is 0 Å². The lowest BCUT2D eigenvalue weighted by Crippen LogP contribution is -2.17. The largest absolute Gasteiger partial charge is 0.485 e. The molecule has 0 aliphatic heterocycles. The molecule has 20 heavy (non-hydrogen) atoms. The van der Waals surface area contributed by atoms with Crippen LogP contribution in [0, 0.1) is 5.82 Å². The summed E-state index contributed by atoms with van der Waals surface area (Å²) in [6.07, 6.45) is 1.69. The van der Waals surface area contributed by atoms with Crippen molar-refractivity contribution in [2.45, 2.75) is 39.3 Å². The third-order valence-electron chi connectivity index (χ3n) is 2.99. The van der Waals surface area contributed by atoms with Crippen LogP contribution in [-0.2, 0) is 19.4 Å². The van der Waals surface area contributed by atoms with Gasteiger partial charge in [0.05, 0.1) is 0 Å². The van der Waals surface area contributed by atoms with Crippen LogP contribution in [0.25, 0.3) is 0 Å². The lowest BCUT2D eigenvalue weighted by molar-refractivity contribution is 0.293. The highest BCUT2D eigenvalue weighted by atomic mass is 32.1. The molecule has 1 unspecified atom stereocenters. The van der Waals surface area contributed by atoms with Crippen LogP contribution >= 0.6 is 11.3 Å². The first-order chi connectivity index (χ1) is 9.58. The van der Waals surface area contributed by atoms with E-state index in [1.165, 1.54) is 10.9 Å². The molecule has 0 bridgehead atoms. The number of rotatable bonds is 6. The van der Waals surface area contributed by atoms with E-state index in [1.54, 1.807) is 17.4 Å². The monoisotopic (exact) mass is 293 g/mol. The van der Waals surface area contributed by atoms with Crippen LogP contribution in [0.4, 0.5) is 4.39 Å². The number of nitrogens with two attached hydrogens (primary N) is 1. The first-order valence-electron chi connectivity index (χ1n) is 6.83. The van der Waals surface area contributed by atoms with E-state index in [0.717, 1.165) is 16.9 Å².